The lowest BCUT2D eigenvalue weighted by atomic mass is 10.3. The Morgan fingerprint density at radius 1 is 1.23 bits per heavy atom. The van der Waals surface area contributed by atoms with Crippen LogP contribution < -0.4 is 0 Å². The van der Waals surface area contributed by atoms with E-state index in [4.69, 9.17) is 0 Å². The fourth-order valence-electron chi connectivity index (χ4n) is 0.934. The number of rotatable bonds is 1. The van der Waals surface area contributed by atoms with Gasteiger partial charge in [0.25, 0.3) is 0 Å². The van der Waals surface area contributed by atoms with E-state index in [0.717, 1.165) is 12.1 Å². The summed E-state index contributed by atoms with van der Waals surface area (Å²) in [4.78, 5) is 0. The average molecular weight is 180 g/mol. The quantitative estimate of drug-likeness (QED) is 0.663. The average Bonchev–Trinajstić information content (AvgIpc) is 2.62. The van der Waals surface area contributed by atoms with E-state index in [9.17, 15) is 8.78 Å². The van der Waals surface area contributed by atoms with Crippen molar-refractivity contribution in [1.82, 2.24) is 15.0 Å². The second-order valence-electron chi connectivity index (χ2n) is 2.39. The van der Waals surface area contributed by atoms with Gasteiger partial charge in [-0.05, 0) is 12.1 Å². The monoisotopic (exact) mass is 180 g/mol. The zero-order valence-electron chi connectivity index (χ0n) is 6.41. The van der Waals surface area contributed by atoms with Gasteiger partial charge in [0, 0.05) is 6.07 Å². The first kappa shape index (κ1) is 7.85. The lowest BCUT2D eigenvalue weighted by Crippen LogP contribution is -1.96. The van der Waals surface area contributed by atoms with Gasteiger partial charge in [-0.1, -0.05) is 5.21 Å². The molecule has 5 heteroatoms. The first-order valence-corrected chi connectivity index (χ1v) is 3.51. The third-order valence-electron chi connectivity index (χ3n) is 1.55. The van der Waals surface area contributed by atoms with Gasteiger partial charge < -0.3 is 0 Å². The zero-order valence-corrected chi connectivity index (χ0v) is 6.41. The molecule has 0 fully saturated rings. The Balaban J connectivity index is 2.49. The molecule has 0 atom stereocenters. The van der Waals surface area contributed by atoms with E-state index in [1.807, 2.05) is 0 Å². The van der Waals surface area contributed by atoms with Gasteiger partial charge in [0.2, 0.25) is 0 Å². The molecule has 0 bridgehead atoms. The van der Waals surface area contributed by atoms with Gasteiger partial charge in [-0.3, -0.25) is 0 Å². The van der Waals surface area contributed by atoms with Crippen molar-refractivity contribution in [2.45, 2.75) is 0 Å². The minimum absolute atomic E-state index is 0.410. The Labute approximate surface area is 72.6 Å². The lowest BCUT2D eigenvalue weighted by Gasteiger charge is -1.99. The van der Waals surface area contributed by atoms with Crippen LogP contribution in [0, 0.1) is 17.8 Å². The maximum atomic E-state index is 12.7. The van der Waals surface area contributed by atoms with E-state index in [1.54, 1.807) is 0 Å². The molecule has 0 aliphatic heterocycles. The Morgan fingerprint density at radius 3 is 2.69 bits per heavy atom. The first-order chi connectivity index (χ1) is 6.27. The second kappa shape index (κ2) is 2.93. The predicted molar refractivity (Wildman–Crippen MR) is 40.1 cm³/mol. The summed E-state index contributed by atoms with van der Waals surface area (Å²) in [6, 6.07) is 3.48. The molecule has 0 N–H and O–H groups in total. The standard InChI is InChI=1S/C8H4F2N3/c9-7-2-1-6(5-8(7)10)13-4-3-11-12-13/h1-2,4-5H. The van der Waals surface area contributed by atoms with Crippen LogP contribution in [0.25, 0.3) is 5.69 Å². The van der Waals surface area contributed by atoms with Crippen LogP contribution in [0.4, 0.5) is 8.78 Å². The van der Waals surface area contributed by atoms with E-state index in [1.165, 1.54) is 16.9 Å². The molecule has 1 radical (unpaired) electrons. The third-order valence-corrected chi connectivity index (χ3v) is 1.55. The fourth-order valence-corrected chi connectivity index (χ4v) is 0.934. The van der Waals surface area contributed by atoms with Crippen molar-refractivity contribution >= 4 is 0 Å². The van der Waals surface area contributed by atoms with E-state index >= 15 is 0 Å². The van der Waals surface area contributed by atoms with Gasteiger partial charge in [-0.15, -0.1) is 5.10 Å². The molecule has 0 amide bonds. The molecule has 3 nitrogen and oxygen atoms in total. The summed E-state index contributed by atoms with van der Waals surface area (Å²) in [5.74, 6) is -1.79. The van der Waals surface area contributed by atoms with Crippen LogP contribution >= 0.6 is 0 Å². The summed E-state index contributed by atoms with van der Waals surface area (Å²) in [7, 11) is 0. The Morgan fingerprint density at radius 2 is 2.08 bits per heavy atom. The summed E-state index contributed by atoms with van der Waals surface area (Å²) < 4.78 is 26.5. The van der Waals surface area contributed by atoms with Gasteiger partial charge in [0.1, 0.15) is 6.20 Å². The summed E-state index contributed by atoms with van der Waals surface area (Å²) >= 11 is 0. The summed E-state index contributed by atoms with van der Waals surface area (Å²) in [6.45, 7) is 0. The van der Waals surface area contributed by atoms with E-state index in [-0.39, 0.29) is 0 Å². The van der Waals surface area contributed by atoms with Gasteiger partial charge in [-0.25, -0.2) is 13.5 Å². The van der Waals surface area contributed by atoms with Crippen molar-refractivity contribution < 1.29 is 8.78 Å². The van der Waals surface area contributed by atoms with Gasteiger partial charge in [0.05, 0.1) is 11.9 Å². The molecule has 0 saturated carbocycles. The maximum absolute atomic E-state index is 12.7. The fraction of sp³-hybridized carbons (Fsp3) is 0. The number of nitrogens with zero attached hydrogens (tertiary/aromatic N) is 3. The lowest BCUT2D eigenvalue weighted by molar-refractivity contribution is 0.507. The molecule has 0 aliphatic rings. The molecule has 13 heavy (non-hydrogen) atoms. The summed E-state index contributed by atoms with van der Waals surface area (Å²) in [5, 5.41) is 7.00. The molecule has 0 saturated heterocycles. The van der Waals surface area contributed by atoms with Crippen LogP contribution in [0.2, 0.25) is 0 Å². The zero-order chi connectivity index (χ0) is 9.26. The molecular formula is C8H4F2N3. The number of hydrogen-bond donors (Lipinski definition) is 0. The van der Waals surface area contributed by atoms with Crippen molar-refractivity contribution in [2.75, 3.05) is 0 Å². The van der Waals surface area contributed by atoms with Crippen LogP contribution in [0.3, 0.4) is 0 Å². The highest BCUT2D eigenvalue weighted by atomic mass is 19.2. The topological polar surface area (TPSA) is 30.7 Å². The van der Waals surface area contributed by atoms with Crippen molar-refractivity contribution in [1.29, 1.82) is 0 Å². The number of aromatic nitrogens is 3. The van der Waals surface area contributed by atoms with Crippen LogP contribution in [-0.2, 0) is 0 Å². The number of benzene rings is 1. The highest BCUT2D eigenvalue weighted by molar-refractivity contribution is 5.30. The minimum Gasteiger partial charge on any atom is -0.220 e. The Hall–Kier alpha value is -1.78. The van der Waals surface area contributed by atoms with Gasteiger partial charge >= 0.3 is 0 Å². The number of halogens is 2. The molecule has 65 valence electrons. The largest absolute Gasteiger partial charge is 0.220 e. The predicted octanol–water partition coefficient (Wildman–Crippen LogP) is 1.35. The first-order valence-electron chi connectivity index (χ1n) is 3.51. The van der Waals surface area contributed by atoms with Crippen molar-refractivity contribution in [2.24, 2.45) is 0 Å². The maximum Gasteiger partial charge on any atom is 0.160 e. The van der Waals surface area contributed by atoms with Crippen LogP contribution in [0.15, 0.2) is 24.4 Å². The highest BCUT2D eigenvalue weighted by Crippen LogP contribution is 2.10. The molecule has 2 rings (SSSR count). The van der Waals surface area contributed by atoms with E-state index < -0.39 is 11.6 Å². The Kier molecular flexibility index (Phi) is 1.77. The minimum atomic E-state index is -0.909. The van der Waals surface area contributed by atoms with E-state index in [2.05, 4.69) is 16.5 Å². The van der Waals surface area contributed by atoms with Gasteiger partial charge in [0.15, 0.2) is 11.6 Å². The molecule has 0 spiro atoms. The second-order valence-corrected chi connectivity index (χ2v) is 2.39. The van der Waals surface area contributed by atoms with E-state index in [0.29, 0.717) is 5.69 Å². The van der Waals surface area contributed by atoms with Gasteiger partial charge in [-0.2, -0.15) is 0 Å². The molecule has 2 aromatic rings. The Bertz CT molecular complexity index is 411. The van der Waals surface area contributed by atoms with Crippen LogP contribution in [0.5, 0.6) is 0 Å². The SMILES string of the molecule is Fc1ccc(-n2c[c]nn2)cc1F. The summed E-state index contributed by atoms with van der Waals surface area (Å²) in [5.41, 5.74) is 0.410. The van der Waals surface area contributed by atoms with Crippen LogP contribution in [-0.4, -0.2) is 15.0 Å². The van der Waals surface area contributed by atoms with Crippen LogP contribution in [0.1, 0.15) is 0 Å². The number of hydrogen-bond acceptors (Lipinski definition) is 2. The molecule has 0 aliphatic carbocycles. The molecular weight excluding hydrogens is 176 g/mol. The molecule has 0 unspecified atom stereocenters. The summed E-state index contributed by atoms with van der Waals surface area (Å²) in [6.07, 6.45) is 3.87. The highest BCUT2D eigenvalue weighted by Gasteiger charge is 2.03. The normalized spacial score (nSPS) is 10.3. The molecule has 1 aromatic heterocycles. The van der Waals surface area contributed by atoms with Crippen molar-refractivity contribution in [3.8, 4) is 5.69 Å². The van der Waals surface area contributed by atoms with Crippen molar-refractivity contribution in [3.63, 3.8) is 0 Å². The third kappa shape index (κ3) is 1.40. The molecule has 1 aromatic carbocycles. The molecule has 1 heterocycles. The van der Waals surface area contributed by atoms with Crippen molar-refractivity contribution in [3.05, 3.63) is 42.2 Å². The smallest absolute Gasteiger partial charge is 0.160 e.